The molecule has 35 heavy (non-hydrogen) atoms. The number of rotatable bonds is 6. The first-order valence-electron chi connectivity index (χ1n) is 10.1. The normalized spacial score (nSPS) is 19.8. The van der Waals surface area contributed by atoms with Gasteiger partial charge in [-0.05, 0) is 32.0 Å². The Morgan fingerprint density at radius 2 is 1.83 bits per heavy atom. The molecule has 1 aliphatic heterocycles. The van der Waals surface area contributed by atoms with Crippen LogP contribution >= 0.6 is 31.2 Å². The van der Waals surface area contributed by atoms with Crippen molar-refractivity contribution < 1.29 is 8.94 Å². The van der Waals surface area contributed by atoms with E-state index in [9.17, 15) is 0 Å². The minimum atomic E-state index is -5.08. The fourth-order valence-corrected chi connectivity index (χ4v) is 15.4. The highest BCUT2D eigenvalue weighted by Gasteiger charge is 2.85. The van der Waals surface area contributed by atoms with Crippen molar-refractivity contribution in [3.8, 4) is 0 Å². The summed E-state index contributed by atoms with van der Waals surface area (Å²) in [5.41, 5.74) is 0.571. The van der Waals surface area contributed by atoms with Gasteiger partial charge in [-0.2, -0.15) is 9.47 Å². The molecule has 0 aromatic carbocycles. The van der Waals surface area contributed by atoms with Crippen LogP contribution in [0.3, 0.4) is 0 Å². The Hall–Kier alpha value is -4.21. The summed E-state index contributed by atoms with van der Waals surface area (Å²) >= 11 is 2.67. The summed E-state index contributed by atoms with van der Waals surface area (Å²) in [5.74, 6) is 0.439. The van der Waals surface area contributed by atoms with Crippen LogP contribution in [0.15, 0.2) is 111 Å². The predicted octanol–water partition coefficient (Wildman–Crippen LogP) is 4.26. The van der Waals surface area contributed by atoms with Crippen LogP contribution in [0.2, 0.25) is 0 Å². The Balaban J connectivity index is 1.90. The van der Waals surface area contributed by atoms with Gasteiger partial charge in [0.15, 0.2) is 10.9 Å². The van der Waals surface area contributed by atoms with E-state index in [-0.39, 0.29) is 5.22 Å². The van der Waals surface area contributed by atoms with E-state index in [1.807, 2.05) is 22.9 Å². The van der Waals surface area contributed by atoms with E-state index in [4.69, 9.17) is 33.5 Å². The van der Waals surface area contributed by atoms with Gasteiger partial charge >= 0.3 is 0 Å². The molecule has 7 heterocycles. The first-order chi connectivity index (χ1) is 17.3. The molecule has 1 aliphatic rings. The van der Waals surface area contributed by atoms with Crippen molar-refractivity contribution in [1.82, 2.24) is 39.7 Å². The van der Waals surface area contributed by atoms with Gasteiger partial charge in [0, 0.05) is 41.6 Å². The van der Waals surface area contributed by atoms with Gasteiger partial charge in [-0.3, -0.25) is 5.10 Å². The molecule has 0 aliphatic carbocycles. The largest absolute Gasteiger partial charge is 0.441 e. The Bertz CT molecular complexity index is 1460. The molecule has 0 radical (unpaired) electrons. The number of thiazole rings is 1. The van der Waals surface area contributed by atoms with Gasteiger partial charge < -0.3 is 13.9 Å². The Morgan fingerprint density at radius 3 is 2.49 bits per heavy atom. The standard InChI is InChI=1S/C20H14N10O2S3/c1-4-25-26-13(1)17-27-28-18(16-21-5-6-22-16)35(17,14-2-9-32-29-14,15-3-11-34-30-15,19-23-7-10-31-19)20-24-8-12-33-20/h1-12H,(H,21,22)(H,25,26). The molecule has 0 unspecified atom stereocenters. The lowest BCUT2D eigenvalue weighted by atomic mass is 10.5. The monoisotopic (exact) mass is 522 g/mol. The second-order valence-electron chi connectivity index (χ2n) is 7.52. The molecule has 7 rings (SSSR count). The number of oxazole rings is 1. The average molecular weight is 523 g/mol. The maximum absolute atomic E-state index is 6.31. The van der Waals surface area contributed by atoms with Crippen molar-refractivity contribution in [2.24, 2.45) is 10.2 Å². The van der Waals surface area contributed by atoms with E-state index >= 15 is 0 Å². The molecule has 0 fully saturated rings. The smallest absolute Gasteiger partial charge is 0.250 e. The van der Waals surface area contributed by atoms with Crippen molar-refractivity contribution >= 4 is 41.3 Å². The van der Waals surface area contributed by atoms with Crippen LogP contribution in [-0.4, -0.2) is 49.8 Å². The number of imidazole rings is 1. The summed E-state index contributed by atoms with van der Waals surface area (Å²) in [4.78, 5) is 17.5. The number of hydrogen-bond donors (Lipinski definition) is 2. The molecular weight excluding hydrogens is 508 g/mol. The molecule has 0 saturated carbocycles. The van der Waals surface area contributed by atoms with Crippen molar-refractivity contribution in [2.45, 2.75) is 19.6 Å². The molecule has 15 heteroatoms. The zero-order valence-electron chi connectivity index (χ0n) is 17.5. The Kier molecular flexibility index (Phi) is 3.85. The molecule has 0 amide bonds. The van der Waals surface area contributed by atoms with Crippen molar-refractivity contribution in [3.05, 3.63) is 84.0 Å². The average Bonchev–Trinajstić information content (AvgIpc) is 3.74. The maximum Gasteiger partial charge on any atom is 0.250 e. The van der Waals surface area contributed by atoms with Gasteiger partial charge in [0.1, 0.15) is 32.0 Å². The van der Waals surface area contributed by atoms with Crippen LogP contribution in [-0.2, 0) is 0 Å². The van der Waals surface area contributed by atoms with Crippen LogP contribution in [0.5, 0.6) is 0 Å². The summed E-state index contributed by atoms with van der Waals surface area (Å²) in [7, 11) is -5.08. The number of hydrogen-bond acceptors (Lipinski definition) is 12. The lowest BCUT2D eigenvalue weighted by Gasteiger charge is -2.67. The minimum Gasteiger partial charge on any atom is -0.441 e. The maximum atomic E-state index is 6.31. The van der Waals surface area contributed by atoms with Crippen molar-refractivity contribution in [2.75, 3.05) is 0 Å². The minimum absolute atomic E-state index is 0.265. The number of nitrogens with zero attached hydrogens (tertiary/aromatic N) is 8. The molecule has 2 N–H and O–H groups in total. The third-order valence-electron chi connectivity index (χ3n) is 6.20. The second-order valence-corrected chi connectivity index (χ2v) is 14.7. The summed E-state index contributed by atoms with van der Waals surface area (Å²) < 4.78 is 17.4. The molecule has 6 aromatic rings. The van der Waals surface area contributed by atoms with Gasteiger partial charge in [0.25, 0.3) is 0 Å². The van der Waals surface area contributed by atoms with Gasteiger partial charge in [-0.1, -0.05) is 5.16 Å². The third-order valence-corrected chi connectivity index (χ3v) is 16.1. The Morgan fingerprint density at radius 1 is 0.857 bits per heavy atom. The summed E-state index contributed by atoms with van der Waals surface area (Å²) in [5, 5.41) is 27.3. The molecule has 0 atom stereocenters. The van der Waals surface area contributed by atoms with E-state index in [0.29, 0.717) is 36.0 Å². The summed E-state index contributed by atoms with van der Waals surface area (Å²) in [6.45, 7) is 0. The molecule has 6 aromatic heterocycles. The quantitative estimate of drug-likeness (QED) is 0.328. The molecule has 12 nitrogen and oxygen atoms in total. The second kappa shape index (κ2) is 6.68. The van der Waals surface area contributed by atoms with Crippen LogP contribution in [0, 0.1) is 0 Å². The number of aromatic nitrogens is 8. The molecule has 174 valence electrons. The molecule has 0 saturated heterocycles. The predicted molar refractivity (Wildman–Crippen MR) is 128 cm³/mol. The number of aromatic amines is 2. The van der Waals surface area contributed by atoms with E-state index in [0.717, 1.165) is 0 Å². The molecule has 0 bridgehead atoms. The van der Waals surface area contributed by atoms with Gasteiger partial charge in [-0.25, -0.2) is 15.0 Å². The zero-order valence-corrected chi connectivity index (χ0v) is 20.0. The fourth-order valence-electron chi connectivity index (χ4n) is 4.88. The number of nitrogens with one attached hydrogen (secondary N) is 2. The van der Waals surface area contributed by atoms with Gasteiger partial charge in [0.05, 0.1) is 11.9 Å². The highest BCUT2D eigenvalue weighted by molar-refractivity contribution is 8.84. The summed E-state index contributed by atoms with van der Waals surface area (Å²) in [6.07, 6.45) is 11.3. The lowest BCUT2D eigenvalue weighted by molar-refractivity contribution is 0.399. The highest BCUT2D eigenvalue weighted by Crippen LogP contribution is 3.08. The van der Waals surface area contributed by atoms with Gasteiger partial charge in [-0.15, -0.1) is 21.5 Å². The topological polar surface area (TPSA) is 160 Å². The first-order valence-corrected chi connectivity index (χ1v) is 14.3. The summed E-state index contributed by atoms with van der Waals surface area (Å²) in [6, 6.07) is 5.48. The van der Waals surface area contributed by atoms with Crippen LogP contribution in [0.4, 0.5) is 0 Å². The first kappa shape index (κ1) is 20.2. The van der Waals surface area contributed by atoms with E-state index in [1.165, 1.54) is 35.4 Å². The SMILES string of the molecule is c1cc(C2=NN=C(c3ncc[nH]3)S2(c2ccon2)(c2ccsn2)(c2ncco2)c2nccs2)[nH]n1. The zero-order chi connectivity index (χ0) is 23.4. The lowest BCUT2D eigenvalue weighted by Crippen LogP contribution is -2.51. The Labute approximate surface area is 203 Å². The van der Waals surface area contributed by atoms with Crippen LogP contribution in [0.1, 0.15) is 11.5 Å². The third kappa shape index (κ3) is 1.87. The van der Waals surface area contributed by atoms with E-state index in [2.05, 4.69) is 25.3 Å². The number of H-pyrrole nitrogens is 2. The fraction of sp³-hybridized carbons (Fsp3) is 0. The highest BCUT2D eigenvalue weighted by atomic mass is 32.4. The van der Waals surface area contributed by atoms with Crippen LogP contribution in [0.25, 0.3) is 0 Å². The van der Waals surface area contributed by atoms with Gasteiger partial charge in [0.2, 0.25) is 5.22 Å². The van der Waals surface area contributed by atoms with E-state index in [1.54, 1.807) is 37.1 Å². The molecule has 0 spiro atoms. The van der Waals surface area contributed by atoms with Crippen molar-refractivity contribution in [1.29, 1.82) is 0 Å². The van der Waals surface area contributed by atoms with E-state index < -0.39 is 8.29 Å². The van der Waals surface area contributed by atoms with Crippen LogP contribution < -0.4 is 0 Å². The molecular formula is C20H14N10O2S3. The van der Waals surface area contributed by atoms with Crippen molar-refractivity contribution in [3.63, 3.8) is 0 Å².